The Hall–Kier alpha value is -2.20. The van der Waals surface area contributed by atoms with Gasteiger partial charge < -0.3 is 14.6 Å². The Morgan fingerprint density at radius 1 is 1.14 bits per heavy atom. The lowest BCUT2D eigenvalue weighted by atomic mass is 10.1. The average molecular weight is 307 g/mol. The molecule has 0 amide bonds. The van der Waals surface area contributed by atoms with Crippen LogP contribution in [-0.4, -0.2) is 24.3 Å². The first-order chi connectivity index (χ1) is 10.1. The van der Waals surface area contributed by atoms with Crippen LogP contribution in [0.1, 0.15) is 5.56 Å². The molecule has 0 saturated carbocycles. The van der Waals surface area contributed by atoms with Gasteiger partial charge in [-0.15, -0.1) is 0 Å². The van der Waals surface area contributed by atoms with Gasteiger partial charge >= 0.3 is 5.97 Å². The van der Waals surface area contributed by atoms with Crippen LogP contribution in [0.5, 0.6) is 11.5 Å². The maximum absolute atomic E-state index is 11.3. The molecule has 0 aromatic heterocycles. The van der Waals surface area contributed by atoms with Gasteiger partial charge in [-0.1, -0.05) is 29.8 Å². The monoisotopic (exact) mass is 306 g/mol. The molecule has 0 bridgehead atoms. The van der Waals surface area contributed by atoms with Gasteiger partial charge in [-0.3, -0.25) is 0 Å². The molecule has 0 aliphatic carbocycles. The van der Waals surface area contributed by atoms with Crippen molar-refractivity contribution in [2.45, 2.75) is 12.5 Å². The van der Waals surface area contributed by atoms with E-state index in [0.717, 1.165) is 5.56 Å². The number of methoxy groups -OCH3 is 1. The van der Waals surface area contributed by atoms with Crippen molar-refractivity contribution >= 4 is 17.6 Å². The van der Waals surface area contributed by atoms with Crippen LogP contribution >= 0.6 is 11.6 Å². The molecule has 4 nitrogen and oxygen atoms in total. The molecule has 110 valence electrons. The third kappa shape index (κ3) is 4.13. The maximum Gasteiger partial charge on any atom is 0.345 e. The summed E-state index contributed by atoms with van der Waals surface area (Å²) in [6.07, 6.45) is -0.806. The van der Waals surface area contributed by atoms with E-state index in [1.54, 1.807) is 49.6 Å². The number of hydrogen-bond acceptors (Lipinski definition) is 3. The second-order valence-corrected chi connectivity index (χ2v) is 4.82. The van der Waals surface area contributed by atoms with E-state index in [1.165, 1.54) is 0 Å². The lowest BCUT2D eigenvalue weighted by Gasteiger charge is -2.16. The van der Waals surface area contributed by atoms with E-state index in [1.807, 2.05) is 6.07 Å². The molecular formula is C16H15ClO4. The van der Waals surface area contributed by atoms with Gasteiger partial charge in [0, 0.05) is 11.4 Å². The Bertz CT molecular complexity index is 610. The molecule has 0 heterocycles. The molecule has 0 radical (unpaired) electrons. The molecule has 2 aromatic carbocycles. The van der Waals surface area contributed by atoms with Crippen molar-refractivity contribution in [3.63, 3.8) is 0 Å². The third-order valence-electron chi connectivity index (χ3n) is 2.98. The summed E-state index contributed by atoms with van der Waals surface area (Å²) in [6.45, 7) is 0. The Labute approximate surface area is 127 Å². The second kappa shape index (κ2) is 6.99. The lowest BCUT2D eigenvalue weighted by molar-refractivity contribution is -0.145. The van der Waals surface area contributed by atoms with E-state index in [2.05, 4.69) is 0 Å². The fourth-order valence-corrected chi connectivity index (χ4v) is 2.07. The highest BCUT2D eigenvalue weighted by molar-refractivity contribution is 6.31. The number of carboxylic acid groups (broad SMARTS) is 1. The van der Waals surface area contributed by atoms with E-state index in [4.69, 9.17) is 21.1 Å². The van der Waals surface area contributed by atoms with Crippen LogP contribution in [0.3, 0.4) is 0 Å². The zero-order valence-corrected chi connectivity index (χ0v) is 12.2. The van der Waals surface area contributed by atoms with Gasteiger partial charge in [0.1, 0.15) is 11.5 Å². The minimum Gasteiger partial charge on any atom is -0.497 e. The standard InChI is InChI=1S/C16H15ClO4/c1-20-12-6-8-13(9-7-12)21-15(16(18)19)10-11-4-2-3-5-14(11)17/h2-9,15H,10H2,1H3,(H,18,19). The predicted octanol–water partition coefficient (Wildman–Crippen LogP) is 3.42. The maximum atomic E-state index is 11.3. The average Bonchev–Trinajstić information content (AvgIpc) is 2.49. The fraction of sp³-hybridized carbons (Fsp3) is 0.188. The second-order valence-electron chi connectivity index (χ2n) is 4.42. The molecule has 1 atom stereocenters. The number of carbonyl (C=O) groups is 1. The highest BCUT2D eigenvalue weighted by atomic mass is 35.5. The molecule has 0 aliphatic heterocycles. The summed E-state index contributed by atoms with van der Waals surface area (Å²) in [4.78, 5) is 11.3. The van der Waals surface area contributed by atoms with E-state index < -0.39 is 12.1 Å². The summed E-state index contributed by atoms with van der Waals surface area (Å²) < 4.78 is 10.6. The minimum absolute atomic E-state index is 0.195. The van der Waals surface area contributed by atoms with Gasteiger partial charge in [0.2, 0.25) is 0 Å². The van der Waals surface area contributed by atoms with Crippen molar-refractivity contribution < 1.29 is 19.4 Å². The summed E-state index contributed by atoms with van der Waals surface area (Å²) in [6, 6.07) is 13.9. The van der Waals surface area contributed by atoms with Crippen LogP contribution in [-0.2, 0) is 11.2 Å². The van der Waals surface area contributed by atoms with Crippen molar-refractivity contribution in [1.82, 2.24) is 0 Å². The molecular weight excluding hydrogens is 292 g/mol. The molecule has 0 saturated heterocycles. The van der Waals surface area contributed by atoms with Crippen LogP contribution in [0.4, 0.5) is 0 Å². The number of hydrogen-bond donors (Lipinski definition) is 1. The van der Waals surface area contributed by atoms with Crippen molar-refractivity contribution in [3.05, 3.63) is 59.1 Å². The van der Waals surface area contributed by atoms with Gasteiger partial charge in [-0.25, -0.2) is 4.79 Å². The smallest absolute Gasteiger partial charge is 0.345 e. The largest absolute Gasteiger partial charge is 0.497 e. The Balaban J connectivity index is 2.12. The summed E-state index contributed by atoms with van der Waals surface area (Å²) in [7, 11) is 1.56. The molecule has 5 heteroatoms. The molecule has 0 aliphatic rings. The lowest BCUT2D eigenvalue weighted by Crippen LogP contribution is -2.29. The van der Waals surface area contributed by atoms with Gasteiger partial charge in [0.15, 0.2) is 6.10 Å². The Morgan fingerprint density at radius 3 is 2.33 bits per heavy atom. The molecule has 1 unspecified atom stereocenters. The summed E-state index contributed by atoms with van der Waals surface area (Å²) in [5.74, 6) is 0.112. The zero-order valence-electron chi connectivity index (χ0n) is 11.5. The van der Waals surface area contributed by atoms with Gasteiger partial charge in [-0.05, 0) is 35.9 Å². The Morgan fingerprint density at radius 2 is 1.76 bits per heavy atom. The van der Waals surface area contributed by atoms with Crippen LogP contribution in [0, 0.1) is 0 Å². The van der Waals surface area contributed by atoms with E-state index in [0.29, 0.717) is 16.5 Å². The van der Waals surface area contributed by atoms with Crippen LogP contribution in [0.2, 0.25) is 5.02 Å². The van der Waals surface area contributed by atoms with E-state index in [-0.39, 0.29) is 6.42 Å². The fourth-order valence-electron chi connectivity index (χ4n) is 1.86. The molecule has 21 heavy (non-hydrogen) atoms. The van der Waals surface area contributed by atoms with Crippen molar-refractivity contribution in [1.29, 1.82) is 0 Å². The number of rotatable bonds is 6. The first-order valence-corrected chi connectivity index (χ1v) is 6.75. The summed E-state index contributed by atoms with van der Waals surface area (Å²) in [5.41, 5.74) is 0.736. The predicted molar refractivity (Wildman–Crippen MR) is 80.2 cm³/mol. The molecule has 2 rings (SSSR count). The third-order valence-corrected chi connectivity index (χ3v) is 3.35. The van der Waals surface area contributed by atoms with Gasteiger partial charge in [0.05, 0.1) is 7.11 Å². The van der Waals surface area contributed by atoms with Crippen molar-refractivity contribution in [2.24, 2.45) is 0 Å². The highest BCUT2D eigenvalue weighted by Crippen LogP contribution is 2.21. The number of halogens is 1. The van der Waals surface area contributed by atoms with E-state index >= 15 is 0 Å². The number of ether oxygens (including phenoxy) is 2. The van der Waals surface area contributed by atoms with Crippen molar-refractivity contribution in [2.75, 3.05) is 7.11 Å². The number of aliphatic carboxylic acids is 1. The Kier molecular flexibility index (Phi) is 5.06. The van der Waals surface area contributed by atoms with Crippen LogP contribution in [0.25, 0.3) is 0 Å². The van der Waals surface area contributed by atoms with Gasteiger partial charge in [0.25, 0.3) is 0 Å². The molecule has 1 N–H and O–H groups in total. The quantitative estimate of drug-likeness (QED) is 0.888. The normalized spacial score (nSPS) is 11.7. The summed E-state index contributed by atoms with van der Waals surface area (Å²) in [5, 5.41) is 9.82. The highest BCUT2D eigenvalue weighted by Gasteiger charge is 2.21. The molecule has 0 fully saturated rings. The SMILES string of the molecule is COc1ccc(OC(Cc2ccccc2Cl)C(=O)O)cc1. The molecule has 0 spiro atoms. The van der Waals surface area contributed by atoms with Gasteiger partial charge in [-0.2, -0.15) is 0 Å². The topological polar surface area (TPSA) is 55.8 Å². The van der Waals surface area contributed by atoms with Crippen LogP contribution < -0.4 is 9.47 Å². The molecule has 2 aromatic rings. The van der Waals surface area contributed by atoms with Crippen molar-refractivity contribution in [3.8, 4) is 11.5 Å². The first-order valence-electron chi connectivity index (χ1n) is 6.37. The van der Waals surface area contributed by atoms with E-state index in [9.17, 15) is 9.90 Å². The zero-order chi connectivity index (χ0) is 15.2. The minimum atomic E-state index is -1.04. The first kappa shape index (κ1) is 15.2. The number of carboxylic acids is 1. The summed E-state index contributed by atoms with van der Waals surface area (Å²) >= 11 is 6.05. The number of benzene rings is 2. The van der Waals surface area contributed by atoms with Crippen LogP contribution in [0.15, 0.2) is 48.5 Å².